The van der Waals surface area contributed by atoms with Crippen LogP contribution in [0.5, 0.6) is 0 Å². The topological polar surface area (TPSA) is 194 Å². The van der Waals surface area contributed by atoms with Crippen LogP contribution in [0, 0.1) is 16.0 Å². The van der Waals surface area contributed by atoms with E-state index in [0.29, 0.717) is 5.56 Å². The molecule has 13 heteroatoms. The van der Waals surface area contributed by atoms with Gasteiger partial charge in [-0.25, -0.2) is 0 Å². The molecule has 2 rings (SSSR count). The summed E-state index contributed by atoms with van der Waals surface area (Å²) in [6.07, 6.45) is 2.75. The van der Waals surface area contributed by atoms with Gasteiger partial charge in [-0.2, -0.15) is 0 Å². The van der Waals surface area contributed by atoms with Crippen LogP contribution in [0.4, 0.5) is 5.69 Å². The molecular weight excluding hydrogens is 532 g/mol. The summed E-state index contributed by atoms with van der Waals surface area (Å²) in [5.74, 6) is -3.31. The van der Waals surface area contributed by atoms with Crippen molar-refractivity contribution in [3.63, 3.8) is 0 Å². The standard InChI is InChI=1S/C28H34N6O7/c1-18(2)26(27(29)38)32-24(36)16-31-28(39)22(15-20-7-5-4-6-8-20)33(3)25(37)17-30-23(35)14-11-19-9-12-21(13-10-19)34(40)41/h4-14,18,22,26H,15-17H2,1-3H3,(H2,29,38)(H,30,35)(H,31,39)(H,32,36)/b14-11+/t22-,26-/m0/s1. The Kier molecular flexibility index (Phi) is 12.2. The molecule has 2 atom stereocenters. The first kappa shape index (κ1) is 32.1. The molecule has 0 radical (unpaired) electrons. The van der Waals surface area contributed by atoms with Crippen molar-refractivity contribution in [3.05, 3.63) is 81.9 Å². The van der Waals surface area contributed by atoms with Crippen molar-refractivity contribution in [3.8, 4) is 0 Å². The number of carbonyl (C=O) groups excluding carboxylic acids is 5. The highest BCUT2D eigenvalue weighted by Crippen LogP contribution is 2.13. The first-order chi connectivity index (χ1) is 19.4. The van der Waals surface area contributed by atoms with Crippen molar-refractivity contribution in [1.82, 2.24) is 20.9 Å². The lowest BCUT2D eigenvalue weighted by Gasteiger charge is -2.28. The molecule has 0 spiro atoms. The maximum Gasteiger partial charge on any atom is 0.269 e. The van der Waals surface area contributed by atoms with Gasteiger partial charge in [0.25, 0.3) is 5.69 Å². The minimum absolute atomic E-state index is 0.0830. The number of nitrogens with zero attached hydrogens (tertiary/aromatic N) is 2. The summed E-state index contributed by atoms with van der Waals surface area (Å²) < 4.78 is 0. The quantitative estimate of drug-likeness (QED) is 0.145. The number of nitro benzene ring substituents is 1. The zero-order valence-corrected chi connectivity index (χ0v) is 23.0. The Bertz CT molecular complexity index is 1280. The molecule has 0 bridgehead atoms. The number of nitrogens with two attached hydrogens (primary N) is 1. The second-order valence-corrected chi connectivity index (χ2v) is 9.52. The number of non-ortho nitro benzene ring substituents is 1. The number of amides is 5. The second-order valence-electron chi connectivity index (χ2n) is 9.52. The maximum atomic E-state index is 13.1. The summed E-state index contributed by atoms with van der Waals surface area (Å²) in [4.78, 5) is 73.6. The van der Waals surface area contributed by atoms with Crippen molar-refractivity contribution >= 4 is 41.3 Å². The molecule has 0 heterocycles. The van der Waals surface area contributed by atoms with Gasteiger partial charge >= 0.3 is 0 Å². The van der Waals surface area contributed by atoms with Gasteiger partial charge in [0.1, 0.15) is 12.1 Å². The molecule has 0 saturated heterocycles. The van der Waals surface area contributed by atoms with Gasteiger partial charge in [0.05, 0.1) is 18.0 Å². The van der Waals surface area contributed by atoms with Crippen molar-refractivity contribution in [2.75, 3.05) is 20.1 Å². The molecule has 0 aromatic heterocycles. The van der Waals surface area contributed by atoms with E-state index in [2.05, 4.69) is 16.0 Å². The van der Waals surface area contributed by atoms with Gasteiger partial charge in [-0.1, -0.05) is 44.2 Å². The van der Waals surface area contributed by atoms with Crippen LogP contribution in [-0.4, -0.2) is 71.6 Å². The molecule has 41 heavy (non-hydrogen) atoms. The van der Waals surface area contributed by atoms with Gasteiger partial charge in [-0.3, -0.25) is 34.1 Å². The summed E-state index contributed by atoms with van der Waals surface area (Å²) in [5, 5.41) is 18.2. The first-order valence-electron chi connectivity index (χ1n) is 12.7. The minimum atomic E-state index is -1.01. The predicted octanol–water partition coefficient (Wildman–Crippen LogP) is 0.536. The van der Waals surface area contributed by atoms with Crippen molar-refractivity contribution in [2.45, 2.75) is 32.4 Å². The third kappa shape index (κ3) is 10.5. The Balaban J connectivity index is 2.02. The van der Waals surface area contributed by atoms with Gasteiger partial charge in [0.15, 0.2) is 0 Å². The van der Waals surface area contributed by atoms with Gasteiger partial charge in [0.2, 0.25) is 29.5 Å². The van der Waals surface area contributed by atoms with Crippen LogP contribution < -0.4 is 21.7 Å². The van der Waals surface area contributed by atoms with E-state index in [9.17, 15) is 34.1 Å². The highest BCUT2D eigenvalue weighted by atomic mass is 16.6. The van der Waals surface area contributed by atoms with Crippen LogP contribution in [0.25, 0.3) is 6.08 Å². The highest BCUT2D eigenvalue weighted by Gasteiger charge is 2.28. The zero-order valence-electron chi connectivity index (χ0n) is 23.0. The summed E-state index contributed by atoms with van der Waals surface area (Å²) in [7, 11) is 1.41. The Hall–Kier alpha value is -5.07. The Morgan fingerprint density at radius 1 is 0.976 bits per heavy atom. The Labute approximate surface area is 237 Å². The summed E-state index contributed by atoms with van der Waals surface area (Å²) >= 11 is 0. The van der Waals surface area contributed by atoms with Crippen LogP contribution in [-0.2, 0) is 30.4 Å². The molecule has 0 aliphatic rings. The van der Waals surface area contributed by atoms with E-state index in [1.807, 2.05) is 0 Å². The largest absolute Gasteiger partial charge is 0.368 e. The maximum absolute atomic E-state index is 13.1. The number of hydrogen-bond donors (Lipinski definition) is 4. The predicted molar refractivity (Wildman–Crippen MR) is 151 cm³/mol. The highest BCUT2D eigenvalue weighted by molar-refractivity contribution is 5.96. The zero-order chi connectivity index (χ0) is 30.5. The molecule has 0 fully saturated rings. The van der Waals surface area contributed by atoms with Crippen LogP contribution in [0.15, 0.2) is 60.7 Å². The van der Waals surface area contributed by atoms with Crippen LogP contribution >= 0.6 is 0 Å². The lowest BCUT2D eigenvalue weighted by Crippen LogP contribution is -2.54. The van der Waals surface area contributed by atoms with E-state index in [0.717, 1.165) is 5.56 Å². The average Bonchev–Trinajstić information content (AvgIpc) is 2.95. The van der Waals surface area contributed by atoms with Gasteiger partial charge in [-0.05, 0) is 35.3 Å². The molecule has 218 valence electrons. The lowest BCUT2D eigenvalue weighted by molar-refractivity contribution is -0.384. The number of hydrogen-bond acceptors (Lipinski definition) is 7. The number of nitrogens with one attached hydrogen (secondary N) is 3. The van der Waals surface area contributed by atoms with Crippen molar-refractivity contribution in [2.24, 2.45) is 11.7 Å². The molecular formula is C28H34N6O7. The Morgan fingerprint density at radius 3 is 2.17 bits per heavy atom. The SMILES string of the molecule is CC(C)[C@H](NC(=O)CNC(=O)[C@H](Cc1ccccc1)N(C)C(=O)CNC(=O)/C=C/c1ccc([N+](=O)[O-])cc1)C(N)=O. The van der Waals surface area contributed by atoms with E-state index in [-0.39, 0.29) is 18.0 Å². The minimum Gasteiger partial charge on any atom is -0.368 e. The van der Waals surface area contributed by atoms with Gasteiger partial charge in [0, 0.05) is 31.7 Å². The number of likely N-dealkylation sites (N-methyl/N-ethyl adjacent to an activating group) is 1. The van der Waals surface area contributed by atoms with E-state index in [1.54, 1.807) is 44.2 Å². The number of primary amides is 1. The smallest absolute Gasteiger partial charge is 0.269 e. The van der Waals surface area contributed by atoms with Gasteiger partial charge < -0.3 is 26.6 Å². The molecule has 2 aromatic carbocycles. The number of carbonyl (C=O) groups is 5. The summed E-state index contributed by atoms with van der Waals surface area (Å²) in [6, 6.07) is 12.6. The molecule has 0 aliphatic heterocycles. The monoisotopic (exact) mass is 566 g/mol. The van der Waals surface area contributed by atoms with Crippen LogP contribution in [0.3, 0.4) is 0 Å². The molecule has 5 amide bonds. The first-order valence-corrected chi connectivity index (χ1v) is 12.7. The third-order valence-corrected chi connectivity index (χ3v) is 6.09. The normalized spacial score (nSPS) is 12.3. The fourth-order valence-electron chi connectivity index (χ4n) is 3.72. The molecule has 0 aliphatic carbocycles. The summed E-state index contributed by atoms with van der Waals surface area (Å²) in [6.45, 7) is 2.59. The second kappa shape index (κ2) is 15.5. The van der Waals surface area contributed by atoms with Crippen molar-refractivity contribution in [1.29, 1.82) is 0 Å². The molecule has 2 aromatic rings. The van der Waals surface area contributed by atoms with E-state index < -0.39 is 59.6 Å². The molecule has 13 nitrogen and oxygen atoms in total. The average molecular weight is 567 g/mol. The summed E-state index contributed by atoms with van der Waals surface area (Å²) in [5.41, 5.74) is 6.55. The van der Waals surface area contributed by atoms with Crippen LogP contribution in [0.1, 0.15) is 25.0 Å². The van der Waals surface area contributed by atoms with E-state index in [1.165, 1.54) is 48.4 Å². The molecule has 0 saturated carbocycles. The third-order valence-electron chi connectivity index (χ3n) is 6.09. The molecule has 5 N–H and O–H groups in total. The fourth-order valence-corrected chi connectivity index (χ4v) is 3.72. The van der Waals surface area contributed by atoms with Gasteiger partial charge in [-0.15, -0.1) is 0 Å². The Morgan fingerprint density at radius 2 is 1.61 bits per heavy atom. The number of nitro groups is 1. The van der Waals surface area contributed by atoms with Crippen molar-refractivity contribution < 1.29 is 28.9 Å². The molecule has 0 unspecified atom stereocenters. The van der Waals surface area contributed by atoms with E-state index in [4.69, 9.17) is 5.73 Å². The number of rotatable bonds is 14. The lowest BCUT2D eigenvalue weighted by atomic mass is 10.0. The van der Waals surface area contributed by atoms with Crippen LogP contribution in [0.2, 0.25) is 0 Å². The van der Waals surface area contributed by atoms with E-state index >= 15 is 0 Å². The fraction of sp³-hybridized carbons (Fsp3) is 0.321. The number of benzene rings is 2.